The predicted molar refractivity (Wildman–Crippen MR) is 103 cm³/mol. The van der Waals surface area contributed by atoms with Gasteiger partial charge in [0.25, 0.3) is 0 Å². The van der Waals surface area contributed by atoms with Gasteiger partial charge in [-0.1, -0.05) is 29.9 Å². The van der Waals surface area contributed by atoms with E-state index in [4.69, 9.17) is 33.5 Å². The topological polar surface area (TPSA) is 63.6 Å². The molecule has 0 aliphatic carbocycles. The minimum absolute atomic E-state index is 0.235. The molecule has 1 N–H and O–H groups in total. The van der Waals surface area contributed by atoms with Crippen LogP contribution >= 0.6 is 23.8 Å². The molecule has 25 heavy (non-hydrogen) atoms. The predicted octanol–water partition coefficient (Wildman–Crippen LogP) is 3.65. The molecule has 0 radical (unpaired) electrons. The van der Waals surface area contributed by atoms with Gasteiger partial charge in [-0.2, -0.15) is 0 Å². The van der Waals surface area contributed by atoms with Gasteiger partial charge in [0.2, 0.25) is 0 Å². The molecule has 1 atom stereocenters. The van der Waals surface area contributed by atoms with Crippen LogP contribution in [0, 0.1) is 0 Å². The quantitative estimate of drug-likeness (QED) is 0.654. The molecule has 128 valence electrons. The smallest absolute Gasteiger partial charge is 0.305 e. The average molecular weight is 374 g/mol. The van der Waals surface area contributed by atoms with Crippen molar-refractivity contribution in [2.24, 2.45) is 4.99 Å². The summed E-state index contributed by atoms with van der Waals surface area (Å²) in [5.41, 5.74) is 3.06. The maximum absolute atomic E-state index is 11.5. The number of benzodiazepines with no additional fused rings is 1. The summed E-state index contributed by atoms with van der Waals surface area (Å²) in [6, 6.07) is 10.8. The Hall–Kier alpha value is -2.31. The highest BCUT2D eigenvalue weighted by Gasteiger charge is 2.24. The van der Waals surface area contributed by atoms with Gasteiger partial charge in [0.1, 0.15) is 11.0 Å². The van der Waals surface area contributed by atoms with E-state index in [9.17, 15) is 4.79 Å². The number of rotatable bonds is 4. The molecular formula is C18H16ClN3O2S. The van der Waals surface area contributed by atoms with Gasteiger partial charge in [0.15, 0.2) is 0 Å². The summed E-state index contributed by atoms with van der Waals surface area (Å²) < 4.78 is 4.72. The Morgan fingerprint density at radius 3 is 2.92 bits per heavy atom. The Labute approximate surface area is 156 Å². The van der Waals surface area contributed by atoms with Crippen LogP contribution in [0.3, 0.4) is 0 Å². The van der Waals surface area contributed by atoms with Crippen LogP contribution in [0.2, 0.25) is 5.02 Å². The van der Waals surface area contributed by atoms with Crippen molar-refractivity contribution in [2.75, 3.05) is 12.4 Å². The van der Waals surface area contributed by atoms with Crippen LogP contribution in [0.1, 0.15) is 24.1 Å². The lowest BCUT2D eigenvalue weighted by Gasteiger charge is -2.13. The van der Waals surface area contributed by atoms with Crippen LogP contribution < -0.4 is 5.32 Å². The van der Waals surface area contributed by atoms with Gasteiger partial charge in [-0.05, 0) is 36.8 Å². The second-order valence-electron chi connectivity index (χ2n) is 5.50. The zero-order valence-electron chi connectivity index (χ0n) is 13.5. The molecule has 1 aromatic heterocycles. The molecule has 3 rings (SSSR count). The number of hydrogen-bond donors (Lipinski definition) is 1. The molecule has 1 aromatic carbocycles. The minimum Gasteiger partial charge on any atom is -0.469 e. The van der Waals surface area contributed by atoms with Crippen molar-refractivity contribution in [1.29, 1.82) is 0 Å². The number of carbonyl (C=O) groups is 1. The van der Waals surface area contributed by atoms with Crippen molar-refractivity contribution in [2.45, 2.75) is 18.9 Å². The number of nitrogens with zero attached hydrogens (tertiary/aromatic N) is 2. The summed E-state index contributed by atoms with van der Waals surface area (Å²) >= 11 is 11.7. The third kappa shape index (κ3) is 4.03. The number of carbonyl (C=O) groups excluding carboxylic acids is 1. The fraction of sp³-hybridized carbons (Fsp3) is 0.222. The first-order chi connectivity index (χ1) is 12.1. The Morgan fingerprint density at radius 2 is 2.20 bits per heavy atom. The standard InChI is InChI=1S/C18H16ClN3O2S/c1-24-16(23)8-7-15-18(25)22-13-6-5-11(19)10-12(13)17(21-15)14-4-2-3-9-20-14/h2-6,9-10,15H,7-8H2,1H3,(H,22,25)/t15-/m0/s1. The third-order valence-corrected chi connectivity index (χ3v) is 4.45. The maximum Gasteiger partial charge on any atom is 0.305 e. The Balaban J connectivity index is 2.05. The normalized spacial score (nSPS) is 16.3. The first-order valence-electron chi connectivity index (χ1n) is 7.75. The van der Waals surface area contributed by atoms with Gasteiger partial charge in [0, 0.05) is 28.9 Å². The van der Waals surface area contributed by atoms with Crippen molar-refractivity contribution < 1.29 is 9.53 Å². The molecule has 2 aromatic rings. The number of esters is 1. The number of thiocarbonyl (C=S) groups is 1. The number of halogens is 1. The highest BCUT2D eigenvalue weighted by Crippen LogP contribution is 2.28. The van der Waals surface area contributed by atoms with Crippen molar-refractivity contribution in [3.05, 3.63) is 58.9 Å². The van der Waals surface area contributed by atoms with Gasteiger partial charge in [-0.15, -0.1) is 0 Å². The van der Waals surface area contributed by atoms with E-state index in [1.165, 1.54) is 7.11 Å². The number of anilines is 1. The molecule has 0 bridgehead atoms. The summed E-state index contributed by atoms with van der Waals surface area (Å²) in [6.07, 6.45) is 2.40. The summed E-state index contributed by atoms with van der Waals surface area (Å²) in [5.74, 6) is -0.290. The number of ether oxygens (including phenoxy) is 1. The monoisotopic (exact) mass is 373 g/mol. The largest absolute Gasteiger partial charge is 0.469 e. The summed E-state index contributed by atoms with van der Waals surface area (Å²) in [5, 5.41) is 3.82. The molecule has 1 aliphatic heterocycles. The van der Waals surface area contributed by atoms with E-state index in [1.807, 2.05) is 30.3 Å². The van der Waals surface area contributed by atoms with Crippen LogP contribution in [-0.2, 0) is 9.53 Å². The lowest BCUT2D eigenvalue weighted by atomic mass is 10.0. The summed E-state index contributed by atoms with van der Waals surface area (Å²) in [4.78, 5) is 21.3. The maximum atomic E-state index is 11.5. The summed E-state index contributed by atoms with van der Waals surface area (Å²) in [6.45, 7) is 0. The van der Waals surface area contributed by atoms with E-state index in [1.54, 1.807) is 12.3 Å². The van der Waals surface area contributed by atoms with Gasteiger partial charge in [-0.25, -0.2) is 0 Å². The Morgan fingerprint density at radius 1 is 1.36 bits per heavy atom. The van der Waals surface area contributed by atoms with Crippen LogP contribution in [0.25, 0.3) is 0 Å². The highest BCUT2D eigenvalue weighted by atomic mass is 35.5. The number of pyridine rings is 1. The van der Waals surface area contributed by atoms with E-state index < -0.39 is 0 Å². The second kappa shape index (κ2) is 7.72. The van der Waals surface area contributed by atoms with Gasteiger partial charge in [0.05, 0.1) is 18.5 Å². The lowest BCUT2D eigenvalue weighted by Crippen LogP contribution is -2.24. The van der Waals surface area contributed by atoms with Crippen LogP contribution in [0.5, 0.6) is 0 Å². The molecule has 1 aliphatic rings. The molecular weight excluding hydrogens is 358 g/mol. The molecule has 0 spiro atoms. The fourth-order valence-electron chi connectivity index (χ4n) is 2.58. The highest BCUT2D eigenvalue weighted by molar-refractivity contribution is 7.80. The summed E-state index contributed by atoms with van der Waals surface area (Å²) in [7, 11) is 1.37. The Bertz CT molecular complexity index is 839. The number of benzene rings is 1. The lowest BCUT2D eigenvalue weighted by molar-refractivity contribution is -0.140. The van der Waals surface area contributed by atoms with Crippen LogP contribution in [0.4, 0.5) is 5.69 Å². The first kappa shape index (κ1) is 17.5. The molecule has 5 nitrogen and oxygen atoms in total. The molecule has 0 fully saturated rings. The van der Waals surface area contributed by atoms with Crippen molar-refractivity contribution in [3.63, 3.8) is 0 Å². The van der Waals surface area contributed by atoms with E-state index in [-0.39, 0.29) is 18.4 Å². The number of hydrogen-bond acceptors (Lipinski definition) is 5. The van der Waals surface area contributed by atoms with Gasteiger partial charge in [-0.3, -0.25) is 14.8 Å². The molecule has 2 heterocycles. The second-order valence-corrected chi connectivity index (χ2v) is 6.38. The fourth-order valence-corrected chi connectivity index (χ4v) is 3.03. The SMILES string of the molecule is COC(=O)CC[C@@H]1N=C(c2ccccn2)c2cc(Cl)ccc2NC1=S. The van der Waals surface area contributed by atoms with E-state index in [0.29, 0.717) is 22.1 Å². The van der Waals surface area contributed by atoms with Gasteiger partial charge >= 0.3 is 5.97 Å². The van der Waals surface area contributed by atoms with E-state index >= 15 is 0 Å². The van der Waals surface area contributed by atoms with Gasteiger partial charge < -0.3 is 10.1 Å². The first-order valence-corrected chi connectivity index (χ1v) is 8.54. The van der Waals surface area contributed by atoms with Crippen LogP contribution in [-0.4, -0.2) is 34.8 Å². The van der Waals surface area contributed by atoms with Crippen LogP contribution in [0.15, 0.2) is 47.6 Å². The number of aliphatic imine (C=N–C) groups is 1. The molecule has 0 saturated carbocycles. The number of aromatic nitrogens is 1. The zero-order valence-corrected chi connectivity index (χ0v) is 15.1. The van der Waals surface area contributed by atoms with E-state index in [0.717, 1.165) is 16.9 Å². The number of nitrogens with one attached hydrogen (secondary N) is 1. The molecule has 0 amide bonds. The average Bonchev–Trinajstić information content (AvgIpc) is 2.76. The molecule has 0 unspecified atom stereocenters. The minimum atomic E-state index is -0.350. The Kier molecular flexibility index (Phi) is 5.40. The number of fused-ring (bicyclic) bond motifs is 1. The van der Waals surface area contributed by atoms with E-state index in [2.05, 4.69) is 10.3 Å². The number of methoxy groups -OCH3 is 1. The molecule has 7 heteroatoms. The van der Waals surface area contributed by atoms with Crippen molar-refractivity contribution >= 4 is 46.2 Å². The molecule has 0 saturated heterocycles. The van der Waals surface area contributed by atoms with Crippen molar-refractivity contribution in [3.8, 4) is 0 Å². The zero-order chi connectivity index (χ0) is 17.8. The third-order valence-electron chi connectivity index (χ3n) is 3.84. The van der Waals surface area contributed by atoms with Crippen molar-refractivity contribution in [1.82, 2.24) is 4.98 Å².